The molecule has 0 saturated carbocycles. The third-order valence-corrected chi connectivity index (χ3v) is 2.83. The van der Waals surface area contributed by atoms with Gasteiger partial charge < -0.3 is 5.11 Å². The van der Waals surface area contributed by atoms with Gasteiger partial charge in [-0.05, 0) is 30.0 Å². The number of aromatic amines is 1. The van der Waals surface area contributed by atoms with Crippen molar-refractivity contribution in [3.05, 3.63) is 60.7 Å². The number of benzene rings is 2. The Kier molecular flexibility index (Phi) is 4.02. The van der Waals surface area contributed by atoms with Crippen LogP contribution in [0.2, 0.25) is 0 Å². The van der Waals surface area contributed by atoms with Gasteiger partial charge in [0.1, 0.15) is 0 Å². The molecule has 3 aromatic rings. The molecule has 0 atom stereocenters. The van der Waals surface area contributed by atoms with Crippen LogP contribution in [0.4, 0.5) is 0 Å². The Morgan fingerprint density at radius 2 is 1.56 bits per heavy atom. The summed E-state index contributed by atoms with van der Waals surface area (Å²) in [5.74, 6) is 0.0280. The number of H-pyrrole nitrogens is 1. The summed E-state index contributed by atoms with van der Waals surface area (Å²) in [6.45, 7) is 0. The number of fused-ring (bicyclic) bond motifs is 1. The van der Waals surface area contributed by atoms with Crippen molar-refractivity contribution < 1.29 is 39.6 Å². The summed E-state index contributed by atoms with van der Waals surface area (Å²) in [6.07, 6.45) is 0. The van der Waals surface area contributed by atoms with Gasteiger partial charge >= 0.3 is 29.6 Å². The summed E-state index contributed by atoms with van der Waals surface area (Å²) in [6, 6.07) is 19.2. The van der Waals surface area contributed by atoms with Crippen LogP contribution < -0.4 is 39.6 Å². The number of aromatic nitrogens is 1. The second-order valence-corrected chi connectivity index (χ2v) is 3.96. The quantitative estimate of drug-likeness (QED) is 0.527. The Balaban J connectivity index is 0.00000120. The van der Waals surface area contributed by atoms with Crippen LogP contribution in [0.25, 0.3) is 22.2 Å². The molecule has 3 rings (SSSR count). The van der Waals surface area contributed by atoms with E-state index in [9.17, 15) is 5.11 Å². The van der Waals surface area contributed by atoms with Crippen LogP contribution in [0.3, 0.4) is 0 Å². The van der Waals surface area contributed by atoms with Crippen molar-refractivity contribution in [1.82, 2.24) is 0 Å². The molecular formula is C15H11NNaO+. The molecule has 2 nitrogen and oxygen atoms in total. The van der Waals surface area contributed by atoms with Crippen molar-refractivity contribution in [3.8, 4) is 17.0 Å². The first-order valence-electron chi connectivity index (χ1n) is 5.52. The van der Waals surface area contributed by atoms with Gasteiger partial charge in [0.05, 0.1) is 0 Å². The molecule has 0 spiro atoms. The first kappa shape index (κ1) is 13.1. The van der Waals surface area contributed by atoms with Gasteiger partial charge in [0.25, 0.3) is 0 Å². The largest absolute Gasteiger partial charge is 1.00 e. The number of rotatable bonds is 1. The summed E-state index contributed by atoms with van der Waals surface area (Å²) in [5, 5.41) is 12.7. The number of para-hydroxylation sites is 1. The molecular weight excluding hydrogens is 233 g/mol. The smallest absolute Gasteiger partial charge is 0.868 e. The van der Waals surface area contributed by atoms with Crippen LogP contribution in [-0.2, 0) is 0 Å². The Hall–Kier alpha value is -1.35. The molecule has 3 heteroatoms. The van der Waals surface area contributed by atoms with Crippen molar-refractivity contribution in [1.29, 1.82) is 0 Å². The zero-order chi connectivity index (χ0) is 11.7. The molecule has 1 heterocycles. The first-order chi connectivity index (χ1) is 8.34. The Bertz CT molecular complexity index is 668. The van der Waals surface area contributed by atoms with Crippen LogP contribution in [0.5, 0.6) is 5.75 Å². The topological polar surface area (TPSA) is 37.2 Å². The molecule has 82 valence electrons. The van der Waals surface area contributed by atoms with E-state index in [1.54, 1.807) is 12.1 Å². The zero-order valence-corrected chi connectivity index (χ0v) is 12.2. The number of pyridine rings is 1. The molecule has 18 heavy (non-hydrogen) atoms. The van der Waals surface area contributed by atoms with Gasteiger partial charge in [-0.3, -0.25) is 0 Å². The molecule has 0 bridgehead atoms. The molecule has 0 aliphatic rings. The average Bonchev–Trinajstić information content (AvgIpc) is 2.40. The Labute approximate surface area is 128 Å². The van der Waals surface area contributed by atoms with E-state index < -0.39 is 0 Å². The average molecular weight is 244 g/mol. The van der Waals surface area contributed by atoms with E-state index >= 15 is 0 Å². The van der Waals surface area contributed by atoms with Crippen LogP contribution in [0.1, 0.15) is 0 Å². The molecule has 1 aromatic heterocycles. The molecule has 2 aromatic carbocycles. The van der Waals surface area contributed by atoms with Crippen LogP contribution >= 0.6 is 0 Å². The van der Waals surface area contributed by atoms with E-state index in [0.29, 0.717) is 5.52 Å². The van der Waals surface area contributed by atoms with E-state index in [4.69, 9.17) is 0 Å². The summed E-state index contributed by atoms with van der Waals surface area (Å²) in [5.41, 5.74) is 2.70. The van der Waals surface area contributed by atoms with E-state index in [1.807, 2.05) is 48.5 Å². The maximum Gasteiger partial charge on any atom is 1.00 e. The fourth-order valence-corrected chi connectivity index (χ4v) is 1.96. The van der Waals surface area contributed by atoms with Gasteiger partial charge in [0.2, 0.25) is 11.2 Å². The van der Waals surface area contributed by atoms with Crippen molar-refractivity contribution >= 4 is 10.9 Å². The summed E-state index contributed by atoms with van der Waals surface area (Å²) >= 11 is 0. The van der Waals surface area contributed by atoms with E-state index in [2.05, 4.69) is 4.98 Å². The number of hydrogen-bond donors (Lipinski definition) is 0. The van der Waals surface area contributed by atoms with Crippen LogP contribution in [0, 0.1) is 0 Å². The molecule has 0 aliphatic carbocycles. The van der Waals surface area contributed by atoms with Crippen LogP contribution in [-0.4, -0.2) is 0 Å². The predicted molar refractivity (Wildman–Crippen MR) is 65.4 cm³/mol. The van der Waals surface area contributed by atoms with E-state index in [1.165, 1.54) is 0 Å². The Morgan fingerprint density at radius 3 is 2.33 bits per heavy atom. The Morgan fingerprint density at radius 1 is 0.778 bits per heavy atom. The molecule has 0 radical (unpaired) electrons. The second kappa shape index (κ2) is 5.53. The van der Waals surface area contributed by atoms with Crippen molar-refractivity contribution in [3.63, 3.8) is 0 Å². The minimum absolute atomic E-state index is 0. The zero-order valence-electron chi connectivity index (χ0n) is 10.2. The maximum absolute atomic E-state index is 11.7. The fraction of sp³-hybridized carbons (Fsp3) is 0. The van der Waals surface area contributed by atoms with E-state index in [-0.39, 0.29) is 35.3 Å². The van der Waals surface area contributed by atoms with Crippen LogP contribution in [0.15, 0.2) is 60.7 Å². The monoisotopic (exact) mass is 244 g/mol. The normalized spacial score (nSPS) is 10.0. The minimum atomic E-state index is 0. The van der Waals surface area contributed by atoms with Crippen molar-refractivity contribution in [2.45, 2.75) is 0 Å². The summed E-state index contributed by atoms with van der Waals surface area (Å²) in [7, 11) is 0. The van der Waals surface area contributed by atoms with E-state index in [0.717, 1.165) is 16.6 Å². The SMILES string of the molecule is [Na+].[O-]c1cccc2ccc(-c3ccccc3)[nH+]c12. The minimum Gasteiger partial charge on any atom is -0.868 e. The third kappa shape index (κ3) is 2.41. The number of hydrogen-bond acceptors (Lipinski definition) is 1. The van der Waals surface area contributed by atoms with Gasteiger partial charge in [0.15, 0.2) is 0 Å². The standard InChI is InChI=1S/C15H11NO.Na/c17-14-8-4-7-12-9-10-13(16-15(12)14)11-5-2-1-3-6-11;/h1-10,17H;/q;+1. The molecule has 1 N–H and O–H groups in total. The van der Waals surface area contributed by atoms with Crippen molar-refractivity contribution in [2.75, 3.05) is 0 Å². The van der Waals surface area contributed by atoms with Gasteiger partial charge in [0, 0.05) is 17.0 Å². The molecule has 0 saturated heterocycles. The van der Waals surface area contributed by atoms with Gasteiger partial charge in [-0.15, -0.1) is 0 Å². The van der Waals surface area contributed by atoms with Gasteiger partial charge in [-0.25, -0.2) is 4.98 Å². The fourth-order valence-electron chi connectivity index (χ4n) is 1.96. The third-order valence-electron chi connectivity index (χ3n) is 2.83. The number of nitrogens with one attached hydrogen (secondary N) is 1. The summed E-state index contributed by atoms with van der Waals surface area (Å²) < 4.78 is 0. The van der Waals surface area contributed by atoms with Gasteiger partial charge in [-0.2, -0.15) is 0 Å². The second-order valence-electron chi connectivity index (χ2n) is 3.96. The molecule has 0 unspecified atom stereocenters. The predicted octanol–water partition coefficient (Wildman–Crippen LogP) is -0.602. The molecule has 0 fully saturated rings. The summed E-state index contributed by atoms with van der Waals surface area (Å²) in [4.78, 5) is 3.20. The molecule has 0 amide bonds. The van der Waals surface area contributed by atoms with Crippen molar-refractivity contribution in [2.24, 2.45) is 0 Å². The maximum atomic E-state index is 11.7. The first-order valence-corrected chi connectivity index (χ1v) is 5.52. The molecule has 0 aliphatic heterocycles. The van der Waals surface area contributed by atoms with Gasteiger partial charge in [-0.1, -0.05) is 30.3 Å².